The van der Waals surface area contributed by atoms with Crippen LogP contribution in [0, 0.1) is 0 Å². The van der Waals surface area contributed by atoms with E-state index in [0.29, 0.717) is 27.4 Å². The van der Waals surface area contributed by atoms with E-state index in [4.69, 9.17) is 34.8 Å². The summed E-state index contributed by atoms with van der Waals surface area (Å²) in [4.78, 5) is 27.9. The first kappa shape index (κ1) is 26.2. The number of benzene rings is 2. The second-order valence-corrected chi connectivity index (χ2v) is 10.6. The maximum Gasteiger partial charge on any atom is 0.242 e. The number of halogens is 3. The van der Waals surface area contributed by atoms with Crippen molar-refractivity contribution in [3.05, 3.63) is 68.7 Å². The van der Waals surface area contributed by atoms with Crippen molar-refractivity contribution in [2.75, 3.05) is 5.75 Å². The molecule has 1 saturated carbocycles. The van der Waals surface area contributed by atoms with Crippen LogP contribution in [-0.2, 0) is 21.9 Å². The van der Waals surface area contributed by atoms with Crippen molar-refractivity contribution >= 4 is 58.4 Å². The van der Waals surface area contributed by atoms with E-state index in [-0.39, 0.29) is 23.6 Å². The molecule has 0 spiro atoms. The van der Waals surface area contributed by atoms with Gasteiger partial charge in [0.2, 0.25) is 11.8 Å². The molecule has 178 valence electrons. The summed E-state index contributed by atoms with van der Waals surface area (Å²) in [5.41, 5.74) is 1.88. The van der Waals surface area contributed by atoms with Gasteiger partial charge in [-0.05, 0) is 55.2 Å². The van der Waals surface area contributed by atoms with Crippen LogP contribution in [0.5, 0.6) is 0 Å². The number of amides is 2. The molecule has 1 fully saturated rings. The average molecular weight is 528 g/mol. The molecule has 0 aromatic heterocycles. The molecule has 1 N–H and O–H groups in total. The summed E-state index contributed by atoms with van der Waals surface area (Å²) in [5, 5.41) is 4.76. The largest absolute Gasteiger partial charge is 0.352 e. The molecule has 0 unspecified atom stereocenters. The molecule has 0 radical (unpaired) electrons. The van der Waals surface area contributed by atoms with Crippen molar-refractivity contribution in [2.45, 2.75) is 63.4 Å². The number of hydrogen-bond acceptors (Lipinski definition) is 3. The predicted octanol–water partition coefficient (Wildman–Crippen LogP) is 6.75. The second kappa shape index (κ2) is 12.9. The van der Waals surface area contributed by atoms with E-state index in [2.05, 4.69) is 5.32 Å². The third-order valence-electron chi connectivity index (χ3n) is 5.84. The standard InChI is InChI=1S/C25H29Cl3N2O2S/c1-17(25(32)29-21-8-3-2-4-9-21)30(14-18-6-5-7-20(26)12-18)24(31)16-33-15-19-10-11-22(27)23(28)13-19/h5-7,10-13,17,21H,2-4,8-9,14-16H2,1H3,(H,29,32)/t17-/m1/s1. The molecule has 33 heavy (non-hydrogen) atoms. The van der Waals surface area contributed by atoms with Crippen molar-refractivity contribution < 1.29 is 9.59 Å². The zero-order chi connectivity index (χ0) is 23.8. The minimum absolute atomic E-state index is 0.0914. The van der Waals surface area contributed by atoms with Crippen LogP contribution in [0.1, 0.15) is 50.2 Å². The van der Waals surface area contributed by atoms with Gasteiger partial charge in [-0.25, -0.2) is 0 Å². The summed E-state index contributed by atoms with van der Waals surface area (Å²) >= 11 is 19.7. The minimum atomic E-state index is -0.580. The monoisotopic (exact) mass is 526 g/mol. The van der Waals surface area contributed by atoms with Crippen molar-refractivity contribution in [3.63, 3.8) is 0 Å². The molecule has 8 heteroatoms. The zero-order valence-electron chi connectivity index (χ0n) is 18.7. The Morgan fingerprint density at radius 1 is 1.03 bits per heavy atom. The van der Waals surface area contributed by atoms with Gasteiger partial charge in [-0.15, -0.1) is 11.8 Å². The van der Waals surface area contributed by atoms with Gasteiger partial charge in [0.25, 0.3) is 0 Å². The fraction of sp³-hybridized carbons (Fsp3) is 0.440. The number of thioether (sulfide) groups is 1. The Kier molecular flexibility index (Phi) is 10.2. The molecular formula is C25H29Cl3N2O2S. The Labute approximate surface area is 215 Å². The van der Waals surface area contributed by atoms with Gasteiger partial charge >= 0.3 is 0 Å². The summed E-state index contributed by atoms with van der Waals surface area (Å²) in [7, 11) is 0. The van der Waals surface area contributed by atoms with Gasteiger partial charge in [0.15, 0.2) is 0 Å². The van der Waals surface area contributed by atoms with Crippen LogP contribution in [0.3, 0.4) is 0 Å². The van der Waals surface area contributed by atoms with Gasteiger partial charge in [-0.3, -0.25) is 9.59 Å². The highest BCUT2D eigenvalue weighted by Crippen LogP contribution is 2.25. The predicted molar refractivity (Wildman–Crippen MR) is 139 cm³/mol. The number of nitrogens with zero attached hydrogens (tertiary/aromatic N) is 1. The van der Waals surface area contributed by atoms with Crippen molar-refractivity contribution in [3.8, 4) is 0 Å². The summed E-state index contributed by atoms with van der Waals surface area (Å²) in [5.74, 6) is 0.677. The van der Waals surface area contributed by atoms with Crippen LogP contribution in [0.15, 0.2) is 42.5 Å². The SMILES string of the molecule is C[C@H](C(=O)NC1CCCCC1)N(Cc1cccc(Cl)c1)C(=O)CSCc1ccc(Cl)c(Cl)c1. The lowest BCUT2D eigenvalue weighted by Gasteiger charge is -2.31. The van der Waals surface area contributed by atoms with Crippen LogP contribution >= 0.6 is 46.6 Å². The fourth-order valence-corrected chi connectivity index (χ4v) is 5.34. The van der Waals surface area contributed by atoms with E-state index < -0.39 is 6.04 Å². The lowest BCUT2D eigenvalue weighted by atomic mass is 9.95. The maximum atomic E-state index is 13.2. The number of carbonyl (C=O) groups excluding carboxylic acids is 2. The molecule has 1 aliphatic rings. The lowest BCUT2D eigenvalue weighted by molar-refractivity contribution is -0.139. The molecule has 0 bridgehead atoms. The second-order valence-electron chi connectivity index (χ2n) is 8.41. The highest BCUT2D eigenvalue weighted by atomic mass is 35.5. The molecule has 4 nitrogen and oxygen atoms in total. The van der Waals surface area contributed by atoms with Crippen LogP contribution < -0.4 is 5.32 Å². The molecule has 2 amide bonds. The molecular weight excluding hydrogens is 499 g/mol. The van der Waals surface area contributed by atoms with Crippen LogP contribution in [0.4, 0.5) is 0 Å². The quantitative estimate of drug-likeness (QED) is 0.392. The number of rotatable bonds is 9. The topological polar surface area (TPSA) is 49.4 Å². The van der Waals surface area contributed by atoms with Gasteiger partial charge in [-0.1, -0.05) is 72.3 Å². The number of nitrogens with one attached hydrogen (secondary N) is 1. The molecule has 2 aromatic carbocycles. The third-order valence-corrected chi connectivity index (χ3v) is 7.80. The first-order chi connectivity index (χ1) is 15.8. The smallest absolute Gasteiger partial charge is 0.242 e. The van der Waals surface area contributed by atoms with E-state index >= 15 is 0 Å². The Bertz CT molecular complexity index is 966. The summed E-state index contributed by atoms with van der Waals surface area (Å²) in [6.45, 7) is 2.12. The Balaban J connectivity index is 1.65. The van der Waals surface area contributed by atoms with Crippen molar-refractivity contribution in [2.24, 2.45) is 0 Å². The lowest BCUT2D eigenvalue weighted by Crippen LogP contribution is -2.50. The zero-order valence-corrected chi connectivity index (χ0v) is 21.7. The average Bonchev–Trinajstić information content (AvgIpc) is 2.80. The normalized spacial score (nSPS) is 15.2. The summed E-state index contributed by atoms with van der Waals surface area (Å²) < 4.78 is 0. The van der Waals surface area contributed by atoms with E-state index in [0.717, 1.165) is 36.8 Å². The Morgan fingerprint density at radius 2 is 1.79 bits per heavy atom. The van der Waals surface area contributed by atoms with E-state index in [1.54, 1.807) is 24.0 Å². The highest BCUT2D eigenvalue weighted by Gasteiger charge is 2.28. The van der Waals surface area contributed by atoms with Crippen molar-refractivity contribution in [1.82, 2.24) is 10.2 Å². The first-order valence-corrected chi connectivity index (χ1v) is 13.5. The van der Waals surface area contributed by atoms with Gasteiger partial charge in [-0.2, -0.15) is 0 Å². The minimum Gasteiger partial charge on any atom is -0.352 e. The number of carbonyl (C=O) groups is 2. The van der Waals surface area contributed by atoms with Crippen molar-refractivity contribution in [1.29, 1.82) is 0 Å². The maximum absolute atomic E-state index is 13.2. The van der Waals surface area contributed by atoms with Crippen LogP contribution in [0.2, 0.25) is 15.1 Å². The van der Waals surface area contributed by atoms with Gasteiger partial charge < -0.3 is 10.2 Å². The molecule has 0 saturated heterocycles. The first-order valence-electron chi connectivity index (χ1n) is 11.2. The third kappa shape index (κ3) is 8.10. The Morgan fingerprint density at radius 3 is 2.48 bits per heavy atom. The van der Waals surface area contributed by atoms with Gasteiger partial charge in [0, 0.05) is 23.4 Å². The molecule has 0 heterocycles. The molecule has 2 aromatic rings. The van der Waals surface area contributed by atoms with E-state index in [1.807, 2.05) is 30.3 Å². The molecule has 3 rings (SSSR count). The highest BCUT2D eigenvalue weighted by molar-refractivity contribution is 7.99. The summed E-state index contributed by atoms with van der Waals surface area (Å²) in [6, 6.07) is 12.5. The number of hydrogen-bond donors (Lipinski definition) is 1. The fourth-order valence-electron chi connectivity index (χ4n) is 3.95. The molecule has 1 aliphatic carbocycles. The molecule has 0 aliphatic heterocycles. The Hall–Kier alpha value is -1.40. The van der Waals surface area contributed by atoms with Crippen LogP contribution in [0.25, 0.3) is 0 Å². The van der Waals surface area contributed by atoms with Crippen LogP contribution in [-0.4, -0.2) is 34.6 Å². The van der Waals surface area contributed by atoms with Gasteiger partial charge in [0.05, 0.1) is 15.8 Å². The summed E-state index contributed by atoms with van der Waals surface area (Å²) in [6.07, 6.45) is 5.49. The molecule has 1 atom stereocenters. The van der Waals surface area contributed by atoms with Gasteiger partial charge in [0.1, 0.15) is 6.04 Å². The van der Waals surface area contributed by atoms with E-state index in [9.17, 15) is 9.59 Å². The van der Waals surface area contributed by atoms with E-state index in [1.165, 1.54) is 18.2 Å².